The lowest BCUT2D eigenvalue weighted by Crippen LogP contribution is -2.35. The van der Waals surface area contributed by atoms with Crippen LogP contribution in [0.3, 0.4) is 0 Å². The van der Waals surface area contributed by atoms with E-state index in [1.165, 1.54) is 0 Å². The van der Waals surface area contributed by atoms with Crippen LogP contribution in [0.25, 0.3) is 0 Å². The Balaban J connectivity index is 2.39. The fraction of sp³-hybridized carbons (Fsp3) is 0.714. The molecule has 118 valence electrons. The Hall–Kier alpha value is -1.21. The van der Waals surface area contributed by atoms with Gasteiger partial charge in [0.25, 0.3) is 0 Å². The lowest BCUT2D eigenvalue weighted by Gasteiger charge is -2.27. The molecule has 0 saturated carbocycles. The van der Waals surface area contributed by atoms with Gasteiger partial charge in [-0.15, -0.1) is 5.10 Å². The highest BCUT2D eigenvalue weighted by molar-refractivity contribution is 7.91. The van der Waals surface area contributed by atoms with Crippen molar-refractivity contribution in [2.75, 3.05) is 23.5 Å². The van der Waals surface area contributed by atoms with E-state index in [9.17, 15) is 8.42 Å². The normalized spacial score (nSPS) is 20.7. The second-order valence-corrected chi connectivity index (χ2v) is 7.74. The van der Waals surface area contributed by atoms with Crippen LogP contribution in [0.5, 0.6) is 0 Å². The van der Waals surface area contributed by atoms with Crippen molar-refractivity contribution in [1.29, 1.82) is 0 Å². The van der Waals surface area contributed by atoms with Crippen LogP contribution in [0.15, 0.2) is 0 Å². The molecule has 1 aliphatic rings. The zero-order valence-electron chi connectivity index (χ0n) is 13.0. The Bertz CT molecular complexity index is 616. The molecule has 7 heteroatoms. The molecule has 0 bridgehead atoms. The third-order valence-electron chi connectivity index (χ3n) is 4.23. The molecule has 1 unspecified atom stereocenters. The van der Waals surface area contributed by atoms with Crippen LogP contribution < -0.4 is 10.6 Å². The van der Waals surface area contributed by atoms with Crippen LogP contribution in [0.4, 0.5) is 5.82 Å². The third-order valence-corrected chi connectivity index (χ3v) is 5.98. The molecule has 0 aromatic carbocycles. The smallest absolute Gasteiger partial charge is 0.156 e. The molecule has 1 aromatic heterocycles. The lowest BCUT2D eigenvalue weighted by molar-refractivity contribution is 0.600. The first-order valence-electron chi connectivity index (χ1n) is 7.44. The molecular weight excluding hydrogens is 288 g/mol. The van der Waals surface area contributed by atoms with E-state index in [1.807, 2.05) is 11.9 Å². The summed E-state index contributed by atoms with van der Waals surface area (Å²) in [5, 5.41) is 8.63. The number of nitrogens with two attached hydrogens (primary N) is 1. The van der Waals surface area contributed by atoms with E-state index in [1.54, 1.807) is 0 Å². The van der Waals surface area contributed by atoms with E-state index in [-0.39, 0.29) is 17.5 Å². The molecule has 0 amide bonds. The van der Waals surface area contributed by atoms with Crippen LogP contribution >= 0.6 is 0 Å². The van der Waals surface area contributed by atoms with Gasteiger partial charge < -0.3 is 10.6 Å². The van der Waals surface area contributed by atoms with Gasteiger partial charge in [0, 0.05) is 25.2 Å². The van der Waals surface area contributed by atoms with Crippen LogP contribution in [-0.4, -0.2) is 43.2 Å². The van der Waals surface area contributed by atoms with Gasteiger partial charge >= 0.3 is 0 Å². The molecule has 0 spiro atoms. The van der Waals surface area contributed by atoms with Gasteiger partial charge in [0.15, 0.2) is 15.7 Å². The molecule has 0 aliphatic carbocycles. The first-order chi connectivity index (χ1) is 9.93. The minimum atomic E-state index is -2.92. The SMILES string of the molecule is CCc1nnc(N(C)C2CCS(=O)(=O)C2)c(CN)c1CC. The minimum Gasteiger partial charge on any atom is -0.354 e. The van der Waals surface area contributed by atoms with E-state index < -0.39 is 9.84 Å². The molecule has 2 rings (SSSR count). The van der Waals surface area contributed by atoms with Gasteiger partial charge in [-0.05, 0) is 24.8 Å². The Labute approximate surface area is 126 Å². The number of sulfone groups is 1. The largest absolute Gasteiger partial charge is 0.354 e. The molecule has 21 heavy (non-hydrogen) atoms. The summed E-state index contributed by atoms with van der Waals surface area (Å²) in [7, 11) is -1.03. The van der Waals surface area contributed by atoms with Gasteiger partial charge in [0.1, 0.15) is 0 Å². The number of rotatable bonds is 5. The van der Waals surface area contributed by atoms with Crippen molar-refractivity contribution in [2.45, 2.75) is 45.7 Å². The molecule has 2 heterocycles. The first-order valence-corrected chi connectivity index (χ1v) is 9.26. The third kappa shape index (κ3) is 3.18. The maximum Gasteiger partial charge on any atom is 0.156 e. The van der Waals surface area contributed by atoms with Crippen molar-refractivity contribution in [2.24, 2.45) is 5.73 Å². The van der Waals surface area contributed by atoms with Crippen molar-refractivity contribution >= 4 is 15.7 Å². The van der Waals surface area contributed by atoms with E-state index in [0.29, 0.717) is 13.0 Å². The van der Waals surface area contributed by atoms with Gasteiger partial charge in [-0.3, -0.25) is 0 Å². The molecule has 0 radical (unpaired) electrons. The van der Waals surface area contributed by atoms with Crippen molar-refractivity contribution < 1.29 is 8.42 Å². The number of aromatic nitrogens is 2. The Kier molecular flexibility index (Phi) is 4.83. The average molecular weight is 312 g/mol. The fourth-order valence-electron chi connectivity index (χ4n) is 2.99. The molecule has 1 atom stereocenters. The maximum absolute atomic E-state index is 11.7. The summed E-state index contributed by atoms with van der Waals surface area (Å²) in [6, 6.07) is -0.0354. The van der Waals surface area contributed by atoms with Gasteiger partial charge in [-0.2, -0.15) is 5.10 Å². The van der Waals surface area contributed by atoms with E-state index in [0.717, 1.165) is 35.5 Å². The number of hydrogen-bond donors (Lipinski definition) is 1. The second-order valence-electron chi connectivity index (χ2n) is 5.51. The number of hydrogen-bond acceptors (Lipinski definition) is 6. The molecular formula is C14H24N4O2S. The molecule has 1 fully saturated rings. The van der Waals surface area contributed by atoms with Gasteiger partial charge in [0.05, 0.1) is 17.2 Å². The Morgan fingerprint density at radius 3 is 2.43 bits per heavy atom. The molecule has 1 aliphatic heterocycles. The van der Waals surface area contributed by atoms with Crippen molar-refractivity contribution in [3.05, 3.63) is 16.8 Å². The average Bonchev–Trinajstić information content (AvgIpc) is 2.84. The minimum absolute atomic E-state index is 0.0354. The number of anilines is 1. The summed E-state index contributed by atoms with van der Waals surface area (Å²) >= 11 is 0. The zero-order chi connectivity index (χ0) is 15.6. The predicted octanol–water partition coefficient (Wildman–Crippen LogP) is 0.683. The summed E-state index contributed by atoms with van der Waals surface area (Å²) < 4.78 is 23.3. The lowest BCUT2D eigenvalue weighted by atomic mass is 10.0. The van der Waals surface area contributed by atoms with Crippen LogP contribution in [0.2, 0.25) is 0 Å². The predicted molar refractivity (Wildman–Crippen MR) is 84.1 cm³/mol. The second kappa shape index (κ2) is 6.27. The number of nitrogens with zero attached hydrogens (tertiary/aromatic N) is 3. The molecule has 1 saturated heterocycles. The molecule has 2 N–H and O–H groups in total. The summed E-state index contributed by atoms with van der Waals surface area (Å²) in [4.78, 5) is 1.94. The van der Waals surface area contributed by atoms with Crippen molar-refractivity contribution in [3.63, 3.8) is 0 Å². The summed E-state index contributed by atoms with van der Waals surface area (Å²) in [5.41, 5.74) is 9.06. The zero-order valence-corrected chi connectivity index (χ0v) is 13.8. The van der Waals surface area contributed by atoms with Gasteiger partial charge in [-0.25, -0.2) is 8.42 Å². The quantitative estimate of drug-likeness (QED) is 0.860. The summed E-state index contributed by atoms with van der Waals surface area (Å²) in [6.45, 7) is 4.53. The molecule has 6 nitrogen and oxygen atoms in total. The van der Waals surface area contributed by atoms with Gasteiger partial charge in [-0.1, -0.05) is 13.8 Å². The molecule has 1 aromatic rings. The standard InChI is InChI=1S/C14H24N4O2S/c1-4-11-12(8-15)14(17-16-13(11)5-2)18(3)10-6-7-21(19,20)9-10/h10H,4-9,15H2,1-3H3. The van der Waals surface area contributed by atoms with E-state index >= 15 is 0 Å². The highest BCUT2D eigenvalue weighted by Gasteiger charge is 2.32. The van der Waals surface area contributed by atoms with Crippen LogP contribution in [0, 0.1) is 0 Å². The highest BCUT2D eigenvalue weighted by atomic mass is 32.2. The van der Waals surface area contributed by atoms with Gasteiger partial charge in [0.2, 0.25) is 0 Å². The Morgan fingerprint density at radius 2 is 1.95 bits per heavy atom. The first kappa shape index (κ1) is 16.2. The maximum atomic E-state index is 11.7. The Morgan fingerprint density at radius 1 is 1.24 bits per heavy atom. The highest BCUT2D eigenvalue weighted by Crippen LogP contribution is 2.27. The van der Waals surface area contributed by atoms with E-state index in [4.69, 9.17) is 5.73 Å². The van der Waals surface area contributed by atoms with Crippen molar-refractivity contribution in [1.82, 2.24) is 10.2 Å². The van der Waals surface area contributed by atoms with Crippen LogP contribution in [-0.2, 0) is 29.2 Å². The summed E-state index contributed by atoms with van der Waals surface area (Å²) in [5.74, 6) is 1.17. The van der Waals surface area contributed by atoms with Crippen molar-refractivity contribution in [3.8, 4) is 0 Å². The van der Waals surface area contributed by atoms with Crippen LogP contribution in [0.1, 0.15) is 37.1 Å². The number of aryl methyl sites for hydroxylation is 1. The topological polar surface area (TPSA) is 89.2 Å². The summed E-state index contributed by atoms with van der Waals surface area (Å²) in [6.07, 6.45) is 2.32. The fourth-order valence-corrected chi connectivity index (χ4v) is 4.77. The monoisotopic (exact) mass is 312 g/mol. The van der Waals surface area contributed by atoms with E-state index in [2.05, 4.69) is 24.0 Å².